The second-order valence-electron chi connectivity index (χ2n) is 7.19. The number of benzene rings is 1. The van der Waals surface area contributed by atoms with E-state index in [4.69, 9.17) is 4.74 Å². The van der Waals surface area contributed by atoms with Crippen LogP contribution in [0.3, 0.4) is 0 Å². The lowest BCUT2D eigenvalue weighted by atomic mass is 10.1. The molecule has 1 aliphatic rings. The second-order valence-corrected chi connectivity index (χ2v) is 7.19. The monoisotopic (exact) mass is 339 g/mol. The van der Waals surface area contributed by atoms with E-state index in [-0.39, 0.29) is 6.09 Å². The summed E-state index contributed by atoms with van der Waals surface area (Å²) in [5.74, 6) is 0. The molecule has 2 aromatic rings. The van der Waals surface area contributed by atoms with Crippen molar-refractivity contribution in [2.75, 3.05) is 31.1 Å². The van der Waals surface area contributed by atoms with E-state index < -0.39 is 5.60 Å². The predicted molar refractivity (Wildman–Crippen MR) is 99.7 cm³/mol. The molecule has 2 heterocycles. The van der Waals surface area contributed by atoms with Gasteiger partial charge in [-0.3, -0.25) is 4.98 Å². The van der Waals surface area contributed by atoms with Crippen LogP contribution >= 0.6 is 0 Å². The Labute approximate surface area is 149 Å². The van der Waals surface area contributed by atoms with E-state index in [1.54, 1.807) is 4.90 Å². The summed E-state index contributed by atoms with van der Waals surface area (Å²) >= 11 is 0. The predicted octanol–water partition coefficient (Wildman–Crippen LogP) is 3.81. The Balaban J connectivity index is 1.71. The Hall–Kier alpha value is -2.56. The maximum atomic E-state index is 12.2. The molecule has 5 heteroatoms. The second kappa shape index (κ2) is 7.13. The molecule has 0 radical (unpaired) electrons. The minimum atomic E-state index is -0.460. The van der Waals surface area contributed by atoms with Crippen molar-refractivity contribution in [3.8, 4) is 11.3 Å². The zero-order valence-corrected chi connectivity index (χ0v) is 15.1. The summed E-state index contributed by atoms with van der Waals surface area (Å²) in [5.41, 5.74) is 2.73. The van der Waals surface area contributed by atoms with Crippen LogP contribution in [0.2, 0.25) is 0 Å². The zero-order chi connectivity index (χ0) is 17.9. The number of anilines is 1. The molecule has 25 heavy (non-hydrogen) atoms. The number of piperazine rings is 1. The molecule has 0 N–H and O–H groups in total. The highest BCUT2D eigenvalue weighted by Crippen LogP contribution is 2.29. The largest absolute Gasteiger partial charge is 0.444 e. The Morgan fingerprint density at radius 2 is 1.68 bits per heavy atom. The van der Waals surface area contributed by atoms with Gasteiger partial charge in [-0.15, -0.1) is 0 Å². The molecule has 1 aromatic heterocycles. The number of carbonyl (C=O) groups is 1. The van der Waals surface area contributed by atoms with Gasteiger partial charge in [0.05, 0.1) is 11.4 Å². The van der Waals surface area contributed by atoms with Crippen molar-refractivity contribution in [1.29, 1.82) is 0 Å². The topological polar surface area (TPSA) is 45.7 Å². The molecule has 1 aromatic carbocycles. The van der Waals surface area contributed by atoms with Gasteiger partial charge in [0.2, 0.25) is 0 Å². The molecular weight excluding hydrogens is 314 g/mol. The van der Waals surface area contributed by atoms with Crippen molar-refractivity contribution in [3.05, 3.63) is 48.7 Å². The van der Waals surface area contributed by atoms with Crippen molar-refractivity contribution < 1.29 is 9.53 Å². The van der Waals surface area contributed by atoms with Crippen molar-refractivity contribution in [3.63, 3.8) is 0 Å². The minimum absolute atomic E-state index is 0.235. The average molecular weight is 339 g/mol. The van der Waals surface area contributed by atoms with Gasteiger partial charge < -0.3 is 14.5 Å². The fourth-order valence-electron chi connectivity index (χ4n) is 2.93. The number of pyridine rings is 1. The third kappa shape index (κ3) is 4.29. The van der Waals surface area contributed by atoms with Crippen molar-refractivity contribution in [2.24, 2.45) is 0 Å². The Morgan fingerprint density at radius 3 is 2.32 bits per heavy atom. The Morgan fingerprint density at radius 1 is 1.00 bits per heavy atom. The SMILES string of the molecule is CC(C)(C)OC(=O)N1CCN(c2cccnc2-c2ccccc2)CC1. The molecule has 0 bridgehead atoms. The smallest absolute Gasteiger partial charge is 0.410 e. The number of carbonyl (C=O) groups excluding carboxylic acids is 1. The summed E-state index contributed by atoms with van der Waals surface area (Å²) in [4.78, 5) is 20.9. The van der Waals surface area contributed by atoms with Gasteiger partial charge in [0.15, 0.2) is 0 Å². The van der Waals surface area contributed by atoms with Gasteiger partial charge >= 0.3 is 6.09 Å². The van der Waals surface area contributed by atoms with Gasteiger partial charge in [-0.05, 0) is 32.9 Å². The van der Waals surface area contributed by atoms with Gasteiger partial charge in [0.1, 0.15) is 5.60 Å². The summed E-state index contributed by atoms with van der Waals surface area (Å²) in [5, 5.41) is 0. The number of hydrogen-bond acceptors (Lipinski definition) is 4. The van der Waals surface area contributed by atoms with Crippen LogP contribution in [0.15, 0.2) is 48.7 Å². The van der Waals surface area contributed by atoms with Gasteiger partial charge in [-0.1, -0.05) is 30.3 Å². The fourth-order valence-corrected chi connectivity index (χ4v) is 2.93. The molecule has 0 unspecified atom stereocenters. The lowest BCUT2D eigenvalue weighted by Crippen LogP contribution is -2.50. The molecule has 132 valence electrons. The van der Waals surface area contributed by atoms with Crippen molar-refractivity contribution in [2.45, 2.75) is 26.4 Å². The highest BCUT2D eigenvalue weighted by Gasteiger charge is 2.26. The van der Waals surface area contributed by atoms with Crippen molar-refractivity contribution >= 4 is 11.8 Å². The first-order valence-corrected chi connectivity index (χ1v) is 8.67. The summed E-state index contributed by atoms with van der Waals surface area (Å²) < 4.78 is 5.47. The number of nitrogens with zero attached hydrogens (tertiary/aromatic N) is 3. The number of amides is 1. The van der Waals surface area contributed by atoms with Crippen LogP contribution in [0.1, 0.15) is 20.8 Å². The van der Waals surface area contributed by atoms with Gasteiger partial charge in [0, 0.05) is 37.9 Å². The molecule has 1 amide bonds. The number of ether oxygens (including phenoxy) is 1. The quantitative estimate of drug-likeness (QED) is 0.835. The van der Waals surface area contributed by atoms with Crippen LogP contribution in [0.5, 0.6) is 0 Å². The van der Waals surface area contributed by atoms with Gasteiger partial charge in [0.25, 0.3) is 0 Å². The average Bonchev–Trinajstić information content (AvgIpc) is 2.61. The molecule has 3 rings (SSSR count). The number of aromatic nitrogens is 1. The first kappa shape index (κ1) is 17.3. The normalized spacial score (nSPS) is 15.2. The first-order valence-electron chi connectivity index (χ1n) is 8.67. The summed E-state index contributed by atoms with van der Waals surface area (Å²) in [6.45, 7) is 8.51. The molecule has 0 aliphatic carbocycles. The highest BCUT2D eigenvalue weighted by atomic mass is 16.6. The van der Waals surface area contributed by atoms with Crippen LogP contribution in [-0.4, -0.2) is 47.8 Å². The van der Waals surface area contributed by atoms with E-state index in [0.717, 1.165) is 30.0 Å². The van der Waals surface area contributed by atoms with E-state index in [0.29, 0.717) is 13.1 Å². The van der Waals surface area contributed by atoms with E-state index in [1.807, 2.05) is 51.2 Å². The molecule has 5 nitrogen and oxygen atoms in total. The summed E-state index contributed by atoms with van der Waals surface area (Å²) in [6, 6.07) is 14.3. The Kier molecular flexibility index (Phi) is 4.93. The maximum absolute atomic E-state index is 12.2. The zero-order valence-electron chi connectivity index (χ0n) is 15.1. The summed E-state index contributed by atoms with van der Waals surface area (Å²) in [6.07, 6.45) is 1.59. The van der Waals surface area contributed by atoms with E-state index in [1.165, 1.54) is 0 Å². The standard InChI is InChI=1S/C20H25N3O2/c1-20(2,3)25-19(24)23-14-12-22(13-15-23)17-10-7-11-21-18(17)16-8-5-4-6-9-16/h4-11H,12-15H2,1-3H3. The highest BCUT2D eigenvalue weighted by molar-refractivity contribution is 5.75. The Bertz CT molecular complexity index is 717. The minimum Gasteiger partial charge on any atom is -0.444 e. The third-order valence-electron chi connectivity index (χ3n) is 4.11. The van der Waals surface area contributed by atoms with Crippen molar-refractivity contribution in [1.82, 2.24) is 9.88 Å². The third-order valence-corrected chi connectivity index (χ3v) is 4.11. The lowest BCUT2D eigenvalue weighted by molar-refractivity contribution is 0.0240. The fraction of sp³-hybridized carbons (Fsp3) is 0.400. The molecule has 0 atom stereocenters. The molecule has 1 aliphatic heterocycles. The molecular formula is C20H25N3O2. The van der Waals surface area contributed by atoms with Crippen LogP contribution in [-0.2, 0) is 4.74 Å². The number of rotatable bonds is 2. The van der Waals surface area contributed by atoms with Crippen LogP contribution in [0.25, 0.3) is 11.3 Å². The van der Waals surface area contributed by atoms with E-state index >= 15 is 0 Å². The molecule has 1 saturated heterocycles. The maximum Gasteiger partial charge on any atom is 0.410 e. The lowest BCUT2D eigenvalue weighted by Gasteiger charge is -2.37. The summed E-state index contributed by atoms with van der Waals surface area (Å²) in [7, 11) is 0. The molecule has 1 fully saturated rings. The first-order chi connectivity index (χ1) is 11.9. The van der Waals surface area contributed by atoms with Crippen LogP contribution in [0.4, 0.5) is 10.5 Å². The number of hydrogen-bond donors (Lipinski definition) is 0. The molecule has 0 saturated carbocycles. The van der Waals surface area contributed by atoms with Crippen LogP contribution in [0, 0.1) is 0 Å². The van der Waals surface area contributed by atoms with Crippen LogP contribution < -0.4 is 4.90 Å². The van der Waals surface area contributed by atoms with E-state index in [2.05, 4.69) is 28.1 Å². The van der Waals surface area contributed by atoms with E-state index in [9.17, 15) is 4.79 Å². The van der Waals surface area contributed by atoms with Gasteiger partial charge in [-0.25, -0.2) is 4.79 Å². The van der Waals surface area contributed by atoms with Gasteiger partial charge in [-0.2, -0.15) is 0 Å². The molecule has 0 spiro atoms.